The number of methoxy groups -OCH3 is 1. The first-order valence-electron chi connectivity index (χ1n) is 6.37. The molecular formula is C14H20N2O4. The van der Waals surface area contributed by atoms with Gasteiger partial charge in [-0.2, -0.15) is 0 Å². The third-order valence-electron chi connectivity index (χ3n) is 2.89. The molecular weight excluding hydrogens is 260 g/mol. The molecule has 0 saturated heterocycles. The van der Waals surface area contributed by atoms with Crippen molar-refractivity contribution in [1.82, 2.24) is 0 Å². The van der Waals surface area contributed by atoms with Crippen LogP contribution in [0.3, 0.4) is 0 Å². The second-order valence-electron chi connectivity index (χ2n) is 4.54. The smallest absolute Gasteiger partial charge is 0.320 e. The number of carboxylic acids is 1. The van der Waals surface area contributed by atoms with E-state index < -0.39 is 12.0 Å². The highest BCUT2D eigenvalue weighted by Crippen LogP contribution is 2.24. The van der Waals surface area contributed by atoms with Crippen molar-refractivity contribution in [3.05, 3.63) is 23.8 Å². The van der Waals surface area contributed by atoms with Crippen LogP contribution in [0.25, 0.3) is 0 Å². The number of aliphatic carboxylic acids is 1. The third-order valence-corrected chi connectivity index (χ3v) is 2.89. The topological polar surface area (TPSA) is 102 Å². The maximum atomic E-state index is 11.0. The van der Waals surface area contributed by atoms with Crippen LogP contribution in [0.2, 0.25) is 0 Å². The van der Waals surface area contributed by atoms with Gasteiger partial charge >= 0.3 is 5.97 Å². The molecule has 0 radical (unpaired) electrons. The normalized spacial score (nSPS) is 11.8. The van der Waals surface area contributed by atoms with Crippen LogP contribution in [0.15, 0.2) is 18.2 Å². The maximum absolute atomic E-state index is 11.0. The second kappa shape index (κ2) is 7.49. The minimum atomic E-state index is -0.988. The molecule has 1 unspecified atom stereocenters. The molecule has 0 spiro atoms. The van der Waals surface area contributed by atoms with E-state index in [1.54, 1.807) is 19.2 Å². The van der Waals surface area contributed by atoms with Crippen LogP contribution in [-0.2, 0) is 16.0 Å². The van der Waals surface area contributed by atoms with Crippen LogP contribution >= 0.6 is 0 Å². The summed E-state index contributed by atoms with van der Waals surface area (Å²) in [5, 5.41) is 11.4. The number of amides is 1. The van der Waals surface area contributed by atoms with Gasteiger partial charge in [0.25, 0.3) is 0 Å². The van der Waals surface area contributed by atoms with Crippen LogP contribution in [0.5, 0.6) is 5.75 Å². The minimum Gasteiger partial charge on any atom is -0.496 e. The van der Waals surface area contributed by atoms with Gasteiger partial charge in [-0.1, -0.05) is 6.07 Å². The van der Waals surface area contributed by atoms with Gasteiger partial charge in [0.1, 0.15) is 11.8 Å². The second-order valence-corrected chi connectivity index (χ2v) is 4.54. The van der Waals surface area contributed by atoms with E-state index in [0.29, 0.717) is 30.7 Å². The van der Waals surface area contributed by atoms with E-state index in [0.717, 1.165) is 5.56 Å². The molecule has 0 saturated carbocycles. The summed E-state index contributed by atoms with van der Waals surface area (Å²) in [4.78, 5) is 21.6. The van der Waals surface area contributed by atoms with Crippen LogP contribution in [0.4, 0.5) is 5.69 Å². The Kier molecular flexibility index (Phi) is 5.99. The molecule has 1 aromatic rings. The summed E-state index contributed by atoms with van der Waals surface area (Å²) in [5.41, 5.74) is 7.08. The molecule has 0 bridgehead atoms. The van der Waals surface area contributed by atoms with Crippen molar-refractivity contribution >= 4 is 17.6 Å². The Morgan fingerprint density at radius 2 is 2.15 bits per heavy atom. The first-order chi connectivity index (χ1) is 9.43. The number of carboxylic acid groups (broad SMARTS) is 1. The lowest BCUT2D eigenvalue weighted by Crippen LogP contribution is -2.29. The summed E-state index contributed by atoms with van der Waals surface area (Å²) >= 11 is 0. The van der Waals surface area contributed by atoms with Gasteiger partial charge in [0.15, 0.2) is 0 Å². The van der Waals surface area contributed by atoms with E-state index in [-0.39, 0.29) is 5.91 Å². The lowest BCUT2D eigenvalue weighted by atomic mass is 10.0. The Labute approximate surface area is 117 Å². The number of carbonyl (C=O) groups excluding carboxylic acids is 1. The van der Waals surface area contributed by atoms with E-state index in [9.17, 15) is 9.59 Å². The van der Waals surface area contributed by atoms with Gasteiger partial charge in [0, 0.05) is 18.7 Å². The fourth-order valence-corrected chi connectivity index (χ4v) is 1.87. The fraction of sp³-hybridized carbons (Fsp3) is 0.429. The molecule has 6 heteroatoms. The Balaban J connectivity index is 2.65. The fourth-order valence-electron chi connectivity index (χ4n) is 1.87. The molecule has 6 nitrogen and oxygen atoms in total. The Bertz CT molecular complexity index is 488. The molecule has 4 N–H and O–H groups in total. The average Bonchev–Trinajstić information content (AvgIpc) is 2.39. The molecule has 0 aliphatic carbocycles. The third kappa shape index (κ3) is 4.89. The molecule has 0 aliphatic rings. The van der Waals surface area contributed by atoms with Crippen LogP contribution in [0.1, 0.15) is 25.3 Å². The highest BCUT2D eigenvalue weighted by molar-refractivity contribution is 5.88. The van der Waals surface area contributed by atoms with Gasteiger partial charge in [-0.05, 0) is 30.9 Å². The monoisotopic (exact) mass is 280 g/mol. The molecule has 1 atom stereocenters. The maximum Gasteiger partial charge on any atom is 0.320 e. The van der Waals surface area contributed by atoms with Crippen LogP contribution in [-0.4, -0.2) is 30.1 Å². The number of nitrogens with one attached hydrogen (secondary N) is 1. The number of ether oxygens (including phenoxy) is 1. The summed E-state index contributed by atoms with van der Waals surface area (Å²) < 4.78 is 5.27. The number of nitrogens with two attached hydrogens (primary N) is 1. The van der Waals surface area contributed by atoms with Gasteiger partial charge in [0.2, 0.25) is 5.91 Å². The number of anilines is 1. The van der Waals surface area contributed by atoms with E-state index in [4.69, 9.17) is 15.6 Å². The number of carbonyl (C=O) groups is 2. The van der Waals surface area contributed by atoms with Gasteiger partial charge < -0.3 is 20.9 Å². The summed E-state index contributed by atoms with van der Waals surface area (Å²) in [5.74, 6) is -0.467. The average molecular weight is 280 g/mol. The zero-order chi connectivity index (χ0) is 15.1. The van der Waals surface area contributed by atoms with E-state index in [2.05, 4.69) is 5.32 Å². The van der Waals surface area contributed by atoms with Gasteiger partial charge in [-0.15, -0.1) is 0 Å². The zero-order valence-electron chi connectivity index (χ0n) is 11.7. The van der Waals surface area contributed by atoms with Crippen LogP contribution < -0.4 is 15.8 Å². The Morgan fingerprint density at radius 3 is 2.70 bits per heavy atom. The van der Waals surface area contributed by atoms with Gasteiger partial charge in [0.05, 0.1) is 7.11 Å². The van der Waals surface area contributed by atoms with Crippen molar-refractivity contribution in [2.75, 3.05) is 12.4 Å². The van der Waals surface area contributed by atoms with E-state index >= 15 is 0 Å². The lowest BCUT2D eigenvalue weighted by Gasteiger charge is -2.12. The van der Waals surface area contributed by atoms with Crippen LogP contribution in [0, 0.1) is 0 Å². The first-order valence-corrected chi connectivity index (χ1v) is 6.37. The highest BCUT2D eigenvalue weighted by Gasteiger charge is 2.12. The molecule has 0 aliphatic heterocycles. The molecule has 0 aromatic heterocycles. The predicted octanol–water partition coefficient (Wildman–Crippen LogP) is 1.39. The number of hydrogen-bond donors (Lipinski definition) is 3. The van der Waals surface area contributed by atoms with Crippen molar-refractivity contribution in [3.63, 3.8) is 0 Å². The quantitative estimate of drug-likeness (QED) is 0.700. The number of rotatable bonds is 7. The molecule has 1 aromatic carbocycles. The summed E-state index contributed by atoms with van der Waals surface area (Å²) in [6, 6.07) is 4.56. The Morgan fingerprint density at radius 1 is 1.45 bits per heavy atom. The highest BCUT2D eigenvalue weighted by atomic mass is 16.5. The first kappa shape index (κ1) is 16.0. The molecule has 110 valence electrons. The molecule has 0 heterocycles. The molecule has 0 fully saturated rings. The van der Waals surface area contributed by atoms with E-state index in [1.165, 1.54) is 6.92 Å². The van der Waals surface area contributed by atoms with Crippen molar-refractivity contribution in [3.8, 4) is 5.75 Å². The lowest BCUT2D eigenvalue weighted by molar-refractivity contribution is -0.138. The van der Waals surface area contributed by atoms with Crippen molar-refractivity contribution < 1.29 is 19.4 Å². The molecule has 20 heavy (non-hydrogen) atoms. The minimum absolute atomic E-state index is 0.146. The van der Waals surface area contributed by atoms with Crippen molar-refractivity contribution in [2.24, 2.45) is 5.73 Å². The largest absolute Gasteiger partial charge is 0.496 e. The van der Waals surface area contributed by atoms with Gasteiger partial charge in [-0.3, -0.25) is 9.59 Å². The van der Waals surface area contributed by atoms with Crippen molar-refractivity contribution in [1.29, 1.82) is 0 Å². The van der Waals surface area contributed by atoms with E-state index in [1.807, 2.05) is 6.07 Å². The number of hydrogen-bond acceptors (Lipinski definition) is 4. The number of benzene rings is 1. The summed E-state index contributed by atoms with van der Waals surface area (Å²) in [6.45, 7) is 1.44. The molecule has 1 rings (SSSR count). The SMILES string of the molecule is COc1cc(NC(C)=O)ccc1CCCC(N)C(=O)O. The number of aryl methyl sites for hydroxylation is 1. The predicted molar refractivity (Wildman–Crippen MR) is 75.8 cm³/mol. The Hall–Kier alpha value is -2.08. The summed E-state index contributed by atoms with van der Waals surface area (Å²) in [7, 11) is 1.55. The summed E-state index contributed by atoms with van der Waals surface area (Å²) in [6.07, 6.45) is 1.74. The molecule has 1 amide bonds. The zero-order valence-corrected chi connectivity index (χ0v) is 11.7. The standard InChI is InChI=1S/C14H20N2O4/c1-9(17)16-11-7-6-10(13(8-11)20-2)4-3-5-12(15)14(18)19/h6-8,12H,3-5,15H2,1-2H3,(H,16,17)(H,18,19). The van der Waals surface area contributed by atoms with Gasteiger partial charge in [-0.25, -0.2) is 0 Å². The van der Waals surface area contributed by atoms with Crippen molar-refractivity contribution in [2.45, 2.75) is 32.2 Å².